The molecular formula is C28H30ClN5O2. The number of likely N-dealkylation sites (tertiary alicyclic amines) is 1. The third kappa shape index (κ3) is 5.22. The number of aromatic amines is 1. The maximum absolute atomic E-state index is 12.8. The summed E-state index contributed by atoms with van der Waals surface area (Å²) in [5, 5.41) is 7.72. The van der Waals surface area contributed by atoms with Crippen molar-refractivity contribution in [2.45, 2.75) is 38.6 Å². The first-order valence-corrected chi connectivity index (χ1v) is 13.2. The summed E-state index contributed by atoms with van der Waals surface area (Å²) >= 11 is 5.94. The maximum atomic E-state index is 12.8. The summed E-state index contributed by atoms with van der Waals surface area (Å²) in [5.41, 5.74) is 3.34. The predicted octanol–water partition coefficient (Wildman–Crippen LogP) is 4.32. The highest BCUT2D eigenvalue weighted by atomic mass is 35.5. The molecule has 3 atom stereocenters. The highest BCUT2D eigenvalue weighted by Gasteiger charge is 2.44. The minimum atomic E-state index is -0.123. The van der Waals surface area contributed by atoms with Crippen molar-refractivity contribution in [3.63, 3.8) is 0 Å². The lowest BCUT2D eigenvalue weighted by molar-refractivity contribution is -0.117. The fourth-order valence-electron chi connectivity index (χ4n) is 5.63. The van der Waals surface area contributed by atoms with Gasteiger partial charge in [0.15, 0.2) is 0 Å². The molecule has 36 heavy (non-hydrogen) atoms. The average molecular weight is 504 g/mol. The second-order valence-corrected chi connectivity index (χ2v) is 11.0. The van der Waals surface area contributed by atoms with Crippen LogP contribution in [0, 0.1) is 17.8 Å². The van der Waals surface area contributed by atoms with Gasteiger partial charge in [0.25, 0.3) is 0 Å². The van der Waals surface area contributed by atoms with Gasteiger partial charge in [-0.05, 0) is 66.0 Å². The maximum Gasteiger partial charge on any atom is 0.227 e. The van der Waals surface area contributed by atoms with E-state index in [0.717, 1.165) is 36.1 Å². The van der Waals surface area contributed by atoms with Crippen molar-refractivity contribution >= 4 is 29.0 Å². The molecule has 1 saturated carbocycles. The number of benzene rings is 2. The number of ketones is 1. The number of carbonyl (C=O) groups excluding carboxylic acids is 2. The molecule has 1 aromatic heterocycles. The molecule has 2 saturated heterocycles. The highest BCUT2D eigenvalue weighted by Crippen LogP contribution is 2.45. The summed E-state index contributed by atoms with van der Waals surface area (Å²) in [5.74, 6) is 2.67. The number of anilines is 1. The fourth-order valence-corrected chi connectivity index (χ4v) is 5.76. The number of hydrogen-bond donors (Lipinski definition) is 1. The molecule has 3 fully saturated rings. The first-order chi connectivity index (χ1) is 17.5. The van der Waals surface area contributed by atoms with Gasteiger partial charge in [-0.2, -0.15) is 5.10 Å². The van der Waals surface area contributed by atoms with E-state index in [1.54, 1.807) is 0 Å². The number of piperidine rings is 1. The molecule has 3 aromatic rings. The van der Waals surface area contributed by atoms with Gasteiger partial charge in [0.05, 0.1) is 0 Å². The van der Waals surface area contributed by atoms with Crippen LogP contribution in [0.3, 0.4) is 0 Å². The first-order valence-electron chi connectivity index (χ1n) is 12.8. The van der Waals surface area contributed by atoms with E-state index in [-0.39, 0.29) is 29.9 Å². The minimum absolute atomic E-state index is 0.0305. The van der Waals surface area contributed by atoms with Crippen molar-refractivity contribution in [2.24, 2.45) is 17.8 Å². The monoisotopic (exact) mass is 503 g/mol. The van der Waals surface area contributed by atoms with E-state index in [1.807, 2.05) is 41.3 Å². The second-order valence-electron chi connectivity index (χ2n) is 10.6. The van der Waals surface area contributed by atoms with Crippen LogP contribution in [0.5, 0.6) is 0 Å². The lowest BCUT2D eigenvalue weighted by Gasteiger charge is -2.19. The molecule has 1 amide bonds. The van der Waals surface area contributed by atoms with Crippen LogP contribution in [-0.4, -0.2) is 51.4 Å². The van der Waals surface area contributed by atoms with Crippen molar-refractivity contribution in [2.75, 3.05) is 24.5 Å². The normalized spacial score (nSPS) is 23.3. The summed E-state index contributed by atoms with van der Waals surface area (Å²) in [6.45, 7) is 3.98. The van der Waals surface area contributed by atoms with E-state index in [0.29, 0.717) is 30.2 Å². The molecule has 3 heterocycles. The number of H-pyrrole nitrogens is 1. The molecule has 2 aliphatic heterocycles. The summed E-state index contributed by atoms with van der Waals surface area (Å²) in [7, 11) is 0. The third-order valence-corrected chi connectivity index (χ3v) is 7.98. The first kappa shape index (κ1) is 23.4. The molecule has 1 aliphatic carbocycles. The van der Waals surface area contributed by atoms with Crippen LogP contribution in [0.1, 0.15) is 46.8 Å². The van der Waals surface area contributed by atoms with E-state index in [2.05, 4.69) is 32.2 Å². The molecular weight excluding hydrogens is 474 g/mol. The zero-order chi connectivity index (χ0) is 24.6. The topological polar surface area (TPSA) is 82.2 Å². The Morgan fingerprint density at radius 3 is 2.44 bits per heavy atom. The van der Waals surface area contributed by atoms with Gasteiger partial charge in [0.1, 0.15) is 5.82 Å². The van der Waals surface area contributed by atoms with Crippen molar-refractivity contribution in [3.8, 4) is 0 Å². The smallest absolute Gasteiger partial charge is 0.227 e. The number of amides is 1. The third-order valence-electron chi connectivity index (χ3n) is 7.73. The van der Waals surface area contributed by atoms with E-state index < -0.39 is 0 Å². The number of halogens is 1. The van der Waals surface area contributed by atoms with Gasteiger partial charge in [-0.1, -0.05) is 35.9 Å². The number of aromatic nitrogens is 3. The van der Waals surface area contributed by atoms with Gasteiger partial charge in [0.2, 0.25) is 17.5 Å². The molecule has 3 unspecified atom stereocenters. The Morgan fingerprint density at radius 2 is 1.69 bits per heavy atom. The lowest BCUT2D eigenvalue weighted by atomic mass is 10.0. The predicted molar refractivity (Wildman–Crippen MR) is 138 cm³/mol. The van der Waals surface area contributed by atoms with Gasteiger partial charge < -0.3 is 4.90 Å². The summed E-state index contributed by atoms with van der Waals surface area (Å²) < 4.78 is 0. The molecule has 1 N–H and O–H groups in total. The molecule has 0 spiro atoms. The van der Waals surface area contributed by atoms with Crippen LogP contribution in [0.25, 0.3) is 0 Å². The summed E-state index contributed by atoms with van der Waals surface area (Å²) in [6.07, 6.45) is 3.50. The Hall–Kier alpha value is -3.03. The number of nitrogens with one attached hydrogen (secondary N) is 1. The number of Topliss-reactive ketones (excluding diaryl/α,β-unsaturated/α-hetero) is 1. The standard InChI is InChI=1S/C28H30ClN5O2/c29-23-6-1-18(2-7-23)5-10-26-30-28(32-31-26)25(35)11-20-12-27(36)34(15-20)24-8-3-19(4-9-24)14-33-16-21-13-22(21)17-33/h1-4,6-9,20-22H,5,10-17H2,(H,30,31,32). The Bertz CT molecular complexity index is 1250. The summed E-state index contributed by atoms with van der Waals surface area (Å²) in [4.78, 5) is 34.3. The average Bonchev–Trinajstić information content (AvgIpc) is 3.21. The SMILES string of the molecule is O=C(CC1CC(=O)N(c2ccc(CN3CC4CC4C3)cc2)C1)c1n[nH]c(CCc2ccc(Cl)cc2)n1. The molecule has 0 radical (unpaired) electrons. The number of carbonyl (C=O) groups is 2. The van der Waals surface area contributed by atoms with Crippen LogP contribution in [0.4, 0.5) is 5.69 Å². The van der Waals surface area contributed by atoms with Gasteiger partial charge >= 0.3 is 0 Å². The Morgan fingerprint density at radius 1 is 0.972 bits per heavy atom. The fraction of sp³-hybridized carbons (Fsp3) is 0.429. The van der Waals surface area contributed by atoms with Gasteiger partial charge in [0, 0.05) is 56.2 Å². The van der Waals surface area contributed by atoms with Crippen LogP contribution in [0.2, 0.25) is 5.02 Å². The van der Waals surface area contributed by atoms with Crippen LogP contribution < -0.4 is 4.90 Å². The molecule has 2 aromatic carbocycles. The van der Waals surface area contributed by atoms with Crippen LogP contribution >= 0.6 is 11.6 Å². The molecule has 0 bridgehead atoms. The van der Waals surface area contributed by atoms with Crippen molar-refractivity contribution in [1.82, 2.24) is 20.1 Å². The Balaban J connectivity index is 1.00. The number of nitrogens with zero attached hydrogens (tertiary/aromatic N) is 4. The zero-order valence-corrected chi connectivity index (χ0v) is 21.0. The Labute approximate surface area is 215 Å². The highest BCUT2D eigenvalue weighted by molar-refractivity contribution is 6.30. The van der Waals surface area contributed by atoms with Crippen molar-refractivity contribution < 1.29 is 9.59 Å². The second kappa shape index (κ2) is 9.79. The van der Waals surface area contributed by atoms with Gasteiger partial charge in [-0.25, -0.2) is 4.98 Å². The molecule has 3 aliphatic rings. The molecule has 6 rings (SSSR count). The van der Waals surface area contributed by atoms with Crippen molar-refractivity contribution in [3.05, 3.63) is 76.3 Å². The molecule has 8 heteroatoms. The van der Waals surface area contributed by atoms with E-state index in [1.165, 1.54) is 25.1 Å². The van der Waals surface area contributed by atoms with E-state index >= 15 is 0 Å². The molecule has 7 nitrogen and oxygen atoms in total. The number of hydrogen-bond acceptors (Lipinski definition) is 5. The summed E-state index contributed by atoms with van der Waals surface area (Å²) in [6, 6.07) is 16.0. The minimum Gasteiger partial charge on any atom is -0.312 e. The number of aryl methyl sites for hydroxylation is 2. The number of rotatable bonds is 9. The zero-order valence-electron chi connectivity index (χ0n) is 20.2. The van der Waals surface area contributed by atoms with Gasteiger partial charge in [-0.3, -0.25) is 19.6 Å². The van der Waals surface area contributed by atoms with Gasteiger partial charge in [-0.15, -0.1) is 0 Å². The quantitative estimate of drug-likeness (QED) is 0.440. The lowest BCUT2D eigenvalue weighted by Crippen LogP contribution is -2.25. The largest absolute Gasteiger partial charge is 0.312 e. The van der Waals surface area contributed by atoms with Crippen molar-refractivity contribution in [1.29, 1.82) is 0 Å². The van der Waals surface area contributed by atoms with E-state index in [4.69, 9.17) is 11.6 Å². The van der Waals surface area contributed by atoms with Crippen LogP contribution in [0.15, 0.2) is 48.5 Å². The van der Waals surface area contributed by atoms with Crippen LogP contribution in [-0.2, 0) is 24.2 Å². The molecule has 186 valence electrons. The van der Waals surface area contributed by atoms with E-state index in [9.17, 15) is 9.59 Å². The number of fused-ring (bicyclic) bond motifs is 1. The Kier molecular flexibility index (Phi) is 6.36.